The van der Waals surface area contributed by atoms with Gasteiger partial charge in [-0.3, -0.25) is 4.79 Å². The Morgan fingerprint density at radius 1 is 1.12 bits per heavy atom. The SMILES string of the molecule is CCc1ccc(-c2nc(C3=CC(C(=O)O)(C4CCCCC4)C(C)C(C(=O)O)=C3C)cs2)cc1. The van der Waals surface area contributed by atoms with Crippen molar-refractivity contribution in [1.82, 2.24) is 4.98 Å². The molecular formula is C27H31NO4S. The highest BCUT2D eigenvalue weighted by atomic mass is 32.1. The Morgan fingerprint density at radius 3 is 2.36 bits per heavy atom. The lowest BCUT2D eigenvalue weighted by Gasteiger charge is -2.44. The Hall–Kier alpha value is -2.73. The Labute approximate surface area is 198 Å². The molecule has 6 heteroatoms. The lowest BCUT2D eigenvalue weighted by atomic mass is 9.57. The predicted octanol–water partition coefficient (Wildman–Crippen LogP) is 6.46. The number of rotatable bonds is 6. The second kappa shape index (κ2) is 9.26. The monoisotopic (exact) mass is 465 g/mol. The summed E-state index contributed by atoms with van der Waals surface area (Å²) in [5.74, 6) is -2.68. The number of thiazole rings is 1. The van der Waals surface area contributed by atoms with Crippen molar-refractivity contribution >= 4 is 28.8 Å². The quantitative estimate of drug-likeness (QED) is 0.511. The molecule has 33 heavy (non-hydrogen) atoms. The van der Waals surface area contributed by atoms with E-state index < -0.39 is 23.3 Å². The van der Waals surface area contributed by atoms with Gasteiger partial charge in [-0.1, -0.05) is 63.5 Å². The minimum atomic E-state index is -1.24. The normalized spacial score (nSPS) is 24.0. The van der Waals surface area contributed by atoms with E-state index in [4.69, 9.17) is 4.98 Å². The minimum absolute atomic E-state index is 0.0871. The van der Waals surface area contributed by atoms with Gasteiger partial charge in [-0.25, -0.2) is 9.78 Å². The van der Waals surface area contributed by atoms with Crippen LogP contribution >= 0.6 is 11.3 Å². The summed E-state index contributed by atoms with van der Waals surface area (Å²) in [6.45, 7) is 5.67. The third-order valence-electron chi connectivity index (χ3n) is 7.61. The van der Waals surface area contributed by atoms with Crippen molar-refractivity contribution in [2.45, 2.75) is 59.3 Å². The van der Waals surface area contributed by atoms with E-state index in [1.807, 2.05) is 23.6 Å². The highest BCUT2D eigenvalue weighted by molar-refractivity contribution is 7.13. The van der Waals surface area contributed by atoms with E-state index in [0.29, 0.717) is 16.8 Å². The Bertz CT molecular complexity index is 1120. The van der Waals surface area contributed by atoms with Crippen molar-refractivity contribution in [3.8, 4) is 10.6 Å². The summed E-state index contributed by atoms with van der Waals surface area (Å²) in [7, 11) is 0. The maximum atomic E-state index is 12.8. The number of aromatic nitrogens is 1. The summed E-state index contributed by atoms with van der Waals surface area (Å²) in [6, 6.07) is 8.27. The van der Waals surface area contributed by atoms with Gasteiger partial charge in [-0.2, -0.15) is 0 Å². The lowest BCUT2D eigenvalue weighted by molar-refractivity contribution is -0.153. The Balaban J connectivity index is 1.84. The van der Waals surface area contributed by atoms with Gasteiger partial charge in [0, 0.05) is 28.0 Å². The zero-order chi connectivity index (χ0) is 23.8. The number of aliphatic carboxylic acids is 2. The molecule has 0 aliphatic heterocycles. The molecule has 2 atom stereocenters. The number of carboxylic acid groups (broad SMARTS) is 2. The fourth-order valence-electron chi connectivity index (χ4n) is 5.68. The molecule has 1 fully saturated rings. The molecule has 0 saturated heterocycles. The summed E-state index contributed by atoms with van der Waals surface area (Å²) in [4.78, 5) is 30.0. The summed E-state index contributed by atoms with van der Waals surface area (Å²) in [6.07, 6.45) is 7.48. The van der Waals surface area contributed by atoms with Gasteiger partial charge >= 0.3 is 11.9 Å². The molecule has 0 radical (unpaired) electrons. The van der Waals surface area contributed by atoms with Gasteiger partial charge in [0.15, 0.2) is 0 Å². The number of nitrogens with zero attached hydrogens (tertiary/aromatic N) is 1. The van der Waals surface area contributed by atoms with Crippen LogP contribution in [0.4, 0.5) is 0 Å². The summed E-state index contributed by atoms with van der Waals surface area (Å²) in [5, 5.41) is 23.4. The van der Waals surface area contributed by atoms with Gasteiger partial charge in [0.2, 0.25) is 0 Å². The van der Waals surface area contributed by atoms with Gasteiger partial charge < -0.3 is 10.2 Å². The fourth-order valence-corrected chi connectivity index (χ4v) is 6.50. The third-order valence-corrected chi connectivity index (χ3v) is 8.50. The number of hydrogen-bond donors (Lipinski definition) is 2. The van der Waals surface area contributed by atoms with Crippen molar-refractivity contribution in [3.05, 3.63) is 58.1 Å². The molecule has 0 amide bonds. The van der Waals surface area contributed by atoms with Crippen molar-refractivity contribution in [1.29, 1.82) is 0 Å². The minimum Gasteiger partial charge on any atom is -0.481 e. The molecule has 1 aromatic carbocycles. The first-order valence-electron chi connectivity index (χ1n) is 11.8. The Kier molecular flexibility index (Phi) is 6.57. The number of hydrogen-bond acceptors (Lipinski definition) is 4. The average Bonchev–Trinajstić information content (AvgIpc) is 3.29. The topological polar surface area (TPSA) is 87.5 Å². The van der Waals surface area contributed by atoms with E-state index in [9.17, 15) is 19.8 Å². The molecule has 1 heterocycles. The van der Waals surface area contributed by atoms with Crippen LogP contribution in [-0.4, -0.2) is 27.1 Å². The highest BCUT2D eigenvalue weighted by Gasteiger charge is 2.53. The first kappa shape index (κ1) is 23.4. The molecule has 1 aromatic heterocycles. The fraction of sp³-hybridized carbons (Fsp3) is 0.444. The van der Waals surface area contributed by atoms with Crippen LogP contribution in [-0.2, 0) is 16.0 Å². The zero-order valence-corrected chi connectivity index (χ0v) is 20.2. The first-order chi connectivity index (χ1) is 15.8. The molecule has 0 bridgehead atoms. The highest BCUT2D eigenvalue weighted by Crippen LogP contribution is 2.53. The van der Waals surface area contributed by atoms with E-state index in [-0.39, 0.29) is 11.5 Å². The molecule has 2 N–H and O–H groups in total. The number of carboxylic acids is 2. The third kappa shape index (κ3) is 4.05. The van der Waals surface area contributed by atoms with Crippen LogP contribution < -0.4 is 0 Å². The maximum absolute atomic E-state index is 12.8. The molecular weight excluding hydrogens is 434 g/mol. The van der Waals surface area contributed by atoms with Crippen LogP contribution in [0.5, 0.6) is 0 Å². The van der Waals surface area contributed by atoms with Crippen LogP contribution in [0.25, 0.3) is 16.1 Å². The molecule has 2 aliphatic carbocycles. The van der Waals surface area contributed by atoms with Crippen molar-refractivity contribution < 1.29 is 19.8 Å². The van der Waals surface area contributed by atoms with E-state index >= 15 is 0 Å². The lowest BCUT2D eigenvalue weighted by Crippen LogP contribution is -2.47. The van der Waals surface area contributed by atoms with E-state index in [2.05, 4.69) is 19.1 Å². The van der Waals surface area contributed by atoms with Gasteiger partial charge in [0.05, 0.1) is 11.1 Å². The number of allylic oxidation sites excluding steroid dienone is 2. The van der Waals surface area contributed by atoms with Crippen molar-refractivity contribution in [3.63, 3.8) is 0 Å². The molecule has 174 valence electrons. The summed E-state index contributed by atoms with van der Waals surface area (Å²) in [5.41, 5.74) is 3.12. The van der Waals surface area contributed by atoms with Crippen LogP contribution in [0.1, 0.15) is 64.1 Å². The van der Waals surface area contributed by atoms with Crippen molar-refractivity contribution in [2.75, 3.05) is 0 Å². The predicted molar refractivity (Wildman–Crippen MR) is 131 cm³/mol. The number of carbonyl (C=O) groups is 2. The summed E-state index contributed by atoms with van der Waals surface area (Å²) < 4.78 is 0. The standard InChI is InChI=1S/C27H31NO4S/c1-4-18-10-12-19(13-11-18)24-28-22(15-33-24)21-14-27(26(31)32,20-8-6-5-7-9-20)17(3)23(16(21)2)25(29)30/h10-15,17,20H,4-9H2,1-3H3,(H,29,30)(H,31,32). The van der Waals surface area contributed by atoms with Gasteiger partial charge in [0.1, 0.15) is 5.01 Å². The van der Waals surface area contributed by atoms with Crippen LogP contribution in [0.2, 0.25) is 0 Å². The molecule has 2 aromatic rings. The molecule has 4 rings (SSSR count). The van der Waals surface area contributed by atoms with Crippen molar-refractivity contribution in [2.24, 2.45) is 17.3 Å². The van der Waals surface area contributed by atoms with Crippen LogP contribution in [0, 0.1) is 17.3 Å². The molecule has 2 unspecified atom stereocenters. The second-order valence-electron chi connectivity index (χ2n) is 9.29. The van der Waals surface area contributed by atoms with Crippen LogP contribution in [0.15, 0.2) is 46.9 Å². The van der Waals surface area contributed by atoms with Crippen LogP contribution in [0.3, 0.4) is 0 Å². The Morgan fingerprint density at radius 2 is 1.79 bits per heavy atom. The van der Waals surface area contributed by atoms with Gasteiger partial charge in [-0.05, 0) is 43.2 Å². The number of aryl methyl sites for hydroxylation is 1. The van der Waals surface area contributed by atoms with E-state index in [0.717, 1.165) is 49.1 Å². The second-order valence-corrected chi connectivity index (χ2v) is 10.1. The smallest absolute Gasteiger partial charge is 0.332 e. The molecule has 0 spiro atoms. The van der Waals surface area contributed by atoms with Gasteiger partial charge in [0.25, 0.3) is 0 Å². The summed E-state index contributed by atoms with van der Waals surface area (Å²) >= 11 is 1.50. The zero-order valence-electron chi connectivity index (χ0n) is 19.4. The maximum Gasteiger partial charge on any atom is 0.332 e. The number of benzene rings is 1. The van der Waals surface area contributed by atoms with E-state index in [1.54, 1.807) is 13.8 Å². The first-order valence-corrected chi connectivity index (χ1v) is 12.6. The van der Waals surface area contributed by atoms with E-state index in [1.165, 1.54) is 16.9 Å². The average molecular weight is 466 g/mol. The molecule has 1 saturated carbocycles. The molecule has 2 aliphatic rings. The largest absolute Gasteiger partial charge is 0.481 e. The molecule has 5 nitrogen and oxygen atoms in total. The van der Waals surface area contributed by atoms with Gasteiger partial charge in [-0.15, -0.1) is 11.3 Å².